The van der Waals surface area contributed by atoms with E-state index in [1.54, 1.807) is 0 Å². The highest BCUT2D eigenvalue weighted by Crippen LogP contribution is 2.47. The Hall–Kier alpha value is -2.51. The van der Waals surface area contributed by atoms with Gasteiger partial charge in [-0.3, -0.25) is 19.3 Å². The van der Waals surface area contributed by atoms with E-state index in [9.17, 15) is 26.4 Å². The van der Waals surface area contributed by atoms with E-state index in [1.165, 1.54) is 18.2 Å². The quantitative estimate of drug-likeness (QED) is 0.543. The predicted molar refractivity (Wildman–Crippen MR) is 137 cm³/mol. The molecule has 0 aromatic heterocycles. The van der Waals surface area contributed by atoms with Crippen molar-refractivity contribution >= 4 is 48.9 Å². The lowest BCUT2D eigenvalue weighted by Gasteiger charge is -2.49. The van der Waals surface area contributed by atoms with Crippen LogP contribution in [0.15, 0.2) is 27.5 Å². The zero-order valence-corrected chi connectivity index (χ0v) is 22.2. The normalized spacial score (nSPS) is 31.8. The SMILES string of the molecule is CS(=O)(=O)Nc1ccc2c(c1)S(=O)(=O)N=C(C1C(=O)C3CC4CCCC4N3N(C3CCCCC3)C1=O)N2. The van der Waals surface area contributed by atoms with Crippen LogP contribution in [0.1, 0.15) is 57.8 Å². The zero-order valence-electron chi connectivity index (χ0n) is 20.6. The summed E-state index contributed by atoms with van der Waals surface area (Å²) in [5.74, 6) is -1.84. The number of rotatable bonds is 4. The topological polar surface area (TPSA) is 145 Å². The first-order valence-corrected chi connectivity index (χ1v) is 16.3. The lowest BCUT2D eigenvalue weighted by atomic mass is 9.88. The molecule has 3 heterocycles. The van der Waals surface area contributed by atoms with Crippen LogP contribution in [0.4, 0.5) is 11.4 Å². The minimum Gasteiger partial charge on any atom is -0.341 e. The largest absolute Gasteiger partial charge is 0.341 e. The number of amidine groups is 1. The molecule has 11 nitrogen and oxygen atoms in total. The Kier molecular flexibility index (Phi) is 5.88. The second kappa shape index (κ2) is 8.77. The molecule has 3 aliphatic heterocycles. The number of nitrogens with one attached hydrogen (secondary N) is 2. The van der Waals surface area contributed by atoms with E-state index >= 15 is 0 Å². The third-order valence-corrected chi connectivity index (χ3v) is 10.3. The van der Waals surface area contributed by atoms with Crippen LogP contribution in [0, 0.1) is 11.8 Å². The number of ketones is 1. The summed E-state index contributed by atoms with van der Waals surface area (Å²) in [5, 5.41) is 6.81. The molecule has 4 unspecified atom stereocenters. The van der Waals surface area contributed by atoms with Gasteiger partial charge >= 0.3 is 0 Å². The predicted octanol–water partition coefficient (Wildman–Crippen LogP) is 2.09. The summed E-state index contributed by atoms with van der Waals surface area (Å²) >= 11 is 0. The van der Waals surface area contributed by atoms with Gasteiger partial charge in [-0.15, -0.1) is 4.40 Å². The third kappa shape index (κ3) is 4.24. The van der Waals surface area contributed by atoms with E-state index < -0.39 is 37.9 Å². The molecule has 5 aliphatic rings. The first-order chi connectivity index (χ1) is 17.5. The van der Waals surface area contributed by atoms with Crippen molar-refractivity contribution in [2.75, 3.05) is 16.3 Å². The summed E-state index contributed by atoms with van der Waals surface area (Å²) in [6.07, 6.45) is 9.61. The molecule has 1 amide bonds. The van der Waals surface area contributed by atoms with Gasteiger partial charge in [0.2, 0.25) is 10.0 Å². The van der Waals surface area contributed by atoms with Crippen LogP contribution < -0.4 is 10.0 Å². The molecule has 2 saturated carbocycles. The van der Waals surface area contributed by atoms with E-state index in [-0.39, 0.29) is 40.0 Å². The maximum Gasteiger partial charge on any atom is 0.286 e. The molecule has 13 heteroatoms. The number of benzene rings is 1. The van der Waals surface area contributed by atoms with Gasteiger partial charge in [0.15, 0.2) is 11.7 Å². The second-order valence-corrected chi connectivity index (χ2v) is 14.2. The molecular formula is C24H31N5O6S2. The highest BCUT2D eigenvalue weighted by molar-refractivity contribution is 7.92. The molecule has 4 atom stereocenters. The number of nitrogens with zero attached hydrogens (tertiary/aromatic N) is 3. The number of hydrazine groups is 1. The van der Waals surface area contributed by atoms with Crippen LogP contribution in [-0.4, -0.2) is 68.8 Å². The Balaban J connectivity index is 1.37. The molecule has 6 rings (SSSR count). The van der Waals surface area contributed by atoms with Gasteiger partial charge in [0, 0.05) is 17.8 Å². The molecule has 2 saturated heterocycles. The summed E-state index contributed by atoms with van der Waals surface area (Å²) in [6.45, 7) is 0. The van der Waals surface area contributed by atoms with Gasteiger partial charge in [-0.25, -0.2) is 13.4 Å². The van der Waals surface area contributed by atoms with Crippen molar-refractivity contribution in [1.29, 1.82) is 0 Å². The van der Waals surface area contributed by atoms with Gasteiger partial charge < -0.3 is 5.32 Å². The van der Waals surface area contributed by atoms with E-state index in [0.29, 0.717) is 12.3 Å². The fraction of sp³-hybridized carbons (Fsp3) is 0.625. The number of Topliss-reactive ketones (excluding diaryl/α,β-unsaturated/α-hetero) is 1. The summed E-state index contributed by atoms with van der Waals surface area (Å²) in [4.78, 5) is 27.7. The highest BCUT2D eigenvalue weighted by atomic mass is 32.2. The fourth-order valence-corrected chi connectivity index (χ4v) is 8.65. The maximum atomic E-state index is 14.1. The number of hydrogen-bond donors (Lipinski definition) is 2. The van der Waals surface area contributed by atoms with Crippen molar-refractivity contribution < 1.29 is 26.4 Å². The summed E-state index contributed by atoms with van der Waals surface area (Å²) < 4.78 is 55.7. The molecule has 0 spiro atoms. The second-order valence-electron chi connectivity index (χ2n) is 10.9. The smallest absolute Gasteiger partial charge is 0.286 e. The zero-order chi connectivity index (χ0) is 26.1. The number of carbonyl (C=O) groups excluding carboxylic acids is 2. The van der Waals surface area contributed by atoms with E-state index in [1.807, 2.05) is 5.01 Å². The molecule has 200 valence electrons. The van der Waals surface area contributed by atoms with E-state index in [4.69, 9.17) is 0 Å². The van der Waals surface area contributed by atoms with Crippen molar-refractivity contribution in [3.05, 3.63) is 18.2 Å². The molecule has 1 aromatic rings. The summed E-state index contributed by atoms with van der Waals surface area (Å²) in [6, 6.07) is 3.72. The summed E-state index contributed by atoms with van der Waals surface area (Å²) in [7, 11) is -7.91. The van der Waals surface area contributed by atoms with Crippen molar-refractivity contribution in [3.63, 3.8) is 0 Å². The molecule has 2 aliphatic carbocycles. The Morgan fingerprint density at radius 1 is 1.05 bits per heavy atom. The van der Waals surface area contributed by atoms with Gasteiger partial charge in [0.25, 0.3) is 15.9 Å². The molecule has 37 heavy (non-hydrogen) atoms. The van der Waals surface area contributed by atoms with Crippen LogP contribution in [-0.2, 0) is 29.6 Å². The number of fused-ring (bicyclic) bond motifs is 4. The van der Waals surface area contributed by atoms with Gasteiger partial charge in [0.05, 0.1) is 18.0 Å². The minimum absolute atomic E-state index is 0.00332. The average molecular weight is 550 g/mol. The number of anilines is 2. The monoisotopic (exact) mass is 549 g/mol. The number of carbonyl (C=O) groups is 2. The Morgan fingerprint density at radius 3 is 2.54 bits per heavy atom. The van der Waals surface area contributed by atoms with Crippen LogP contribution in [0.2, 0.25) is 0 Å². The first kappa shape index (κ1) is 24.8. The molecule has 4 fully saturated rings. The molecule has 0 bridgehead atoms. The Labute approximate surface area is 216 Å². The van der Waals surface area contributed by atoms with Gasteiger partial charge in [0.1, 0.15) is 10.7 Å². The van der Waals surface area contributed by atoms with Crippen LogP contribution in [0.5, 0.6) is 0 Å². The lowest BCUT2D eigenvalue weighted by molar-refractivity contribution is -0.182. The standard InChI is InChI=1S/C24H31N5O6S2/c1-36(32,33)26-15-10-11-17-20(13-15)37(34,35)27-23(25-17)21-22(30)19-12-14-6-5-9-18(14)29(19)28(24(21)31)16-7-3-2-4-8-16/h10-11,13-14,16,18-19,21,26H,2-9,12H2,1H3,(H,25,27). The number of sulfonamides is 2. The average Bonchev–Trinajstić information content (AvgIpc) is 3.42. The van der Waals surface area contributed by atoms with Gasteiger partial charge in [-0.05, 0) is 56.2 Å². The van der Waals surface area contributed by atoms with Crippen molar-refractivity contribution in [2.24, 2.45) is 16.2 Å². The summed E-state index contributed by atoms with van der Waals surface area (Å²) in [5.41, 5.74) is 0.228. The van der Waals surface area contributed by atoms with Crippen LogP contribution in [0.25, 0.3) is 0 Å². The number of hydrogen-bond acceptors (Lipinski definition) is 8. The Bertz CT molecular complexity index is 1400. The van der Waals surface area contributed by atoms with Crippen LogP contribution >= 0.6 is 0 Å². The highest BCUT2D eigenvalue weighted by Gasteiger charge is 2.59. The number of amides is 1. The lowest BCUT2D eigenvalue weighted by Crippen LogP contribution is -2.67. The van der Waals surface area contributed by atoms with Crippen molar-refractivity contribution in [1.82, 2.24) is 10.0 Å². The van der Waals surface area contributed by atoms with Crippen molar-refractivity contribution in [3.8, 4) is 0 Å². The third-order valence-electron chi connectivity index (χ3n) is 8.38. The fourth-order valence-electron chi connectivity index (χ4n) is 6.91. The Morgan fingerprint density at radius 2 is 1.81 bits per heavy atom. The maximum absolute atomic E-state index is 14.1. The minimum atomic E-state index is -4.29. The molecular weight excluding hydrogens is 518 g/mol. The molecule has 0 radical (unpaired) electrons. The molecule has 2 N–H and O–H groups in total. The molecule has 1 aromatic carbocycles. The van der Waals surface area contributed by atoms with Gasteiger partial charge in [-0.2, -0.15) is 8.42 Å². The van der Waals surface area contributed by atoms with Gasteiger partial charge in [-0.1, -0.05) is 25.7 Å². The van der Waals surface area contributed by atoms with E-state index in [0.717, 1.165) is 57.6 Å². The van der Waals surface area contributed by atoms with Crippen molar-refractivity contribution in [2.45, 2.75) is 80.8 Å². The first-order valence-electron chi connectivity index (χ1n) is 12.9. The van der Waals surface area contributed by atoms with E-state index in [2.05, 4.69) is 19.4 Å². The van der Waals surface area contributed by atoms with Crippen LogP contribution in [0.3, 0.4) is 0 Å².